The number of hydrogen-bond donors (Lipinski definition) is 1. The molecule has 0 radical (unpaired) electrons. The molecular formula is C20H19N3O3. The number of nitrogens with one attached hydrogen (secondary N) is 1. The monoisotopic (exact) mass is 349 g/mol. The van der Waals surface area contributed by atoms with Gasteiger partial charge < -0.3 is 14.6 Å². The van der Waals surface area contributed by atoms with Crippen LogP contribution in [0.1, 0.15) is 17.9 Å². The molecule has 0 unspecified atom stereocenters. The van der Waals surface area contributed by atoms with Gasteiger partial charge in [0.05, 0.1) is 5.92 Å². The Morgan fingerprint density at radius 2 is 2.08 bits per heavy atom. The maximum absolute atomic E-state index is 12.5. The van der Waals surface area contributed by atoms with Crippen molar-refractivity contribution in [3.05, 3.63) is 53.9 Å². The van der Waals surface area contributed by atoms with Crippen LogP contribution in [-0.2, 0) is 9.59 Å². The first-order valence-corrected chi connectivity index (χ1v) is 8.55. The van der Waals surface area contributed by atoms with Crippen molar-refractivity contribution >= 4 is 34.3 Å². The summed E-state index contributed by atoms with van der Waals surface area (Å²) in [7, 11) is 0. The molecule has 1 N–H and O–H groups in total. The minimum atomic E-state index is -0.377. The van der Waals surface area contributed by atoms with E-state index in [9.17, 15) is 9.59 Å². The van der Waals surface area contributed by atoms with Gasteiger partial charge in [0.2, 0.25) is 11.8 Å². The van der Waals surface area contributed by atoms with Crippen molar-refractivity contribution in [2.75, 3.05) is 16.8 Å². The van der Waals surface area contributed by atoms with Crippen molar-refractivity contribution in [1.29, 1.82) is 0 Å². The van der Waals surface area contributed by atoms with Crippen LogP contribution in [0.25, 0.3) is 11.1 Å². The van der Waals surface area contributed by atoms with Gasteiger partial charge in [-0.25, -0.2) is 4.98 Å². The number of aromatic nitrogens is 1. The number of rotatable bonds is 3. The zero-order chi connectivity index (χ0) is 18.3. The van der Waals surface area contributed by atoms with Gasteiger partial charge in [-0.1, -0.05) is 12.1 Å². The van der Waals surface area contributed by atoms with E-state index in [-0.39, 0.29) is 24.2 Å². The Morgan fingerprint density at radius 3 is 2.88 bits per heavy atom. The van der Waals surface area contributed by atoms with Crippen molar-refractivity contribution in [2.24, 2.45) is 5.92 Å². The quantitative estimate of drug-likeness (QED) is 0.786. The van der Waals surface area contributed by atoms with Crippen LogP contribution in [0.4, 0.5) is 11.4 Å². The summed E-state index contributed by atoms with van der Waals surface area (Å²) in [6.45, 7) is 4.11. The molecule has 1 fully saturated rings. The van der Waals surface area contributed by atoms with Crippen molar-refractivity contribution in [3.8, 4) is 0 Å². The smallest absolute Gasteiger partial charge is 0.229 e. The molecule has 2 aromatic carbocycles. The van der Waals surface area contributed by atoms with Crippen LogP contribution < -0.4 is 10.2 Å². The Balaban J connectivity index is 1.51. The number of amides is 2. The summed E-state index contributed by atoms with van der Waals surface area (Å²) in [6, 6.07) is 13.1. The highest BCUT2D eigenvalue weighted by Crippen LogP contribution is 2.29. The highest BCUT2D eigenvalue weighted by atomic mass is 16.3. The topological polar surface area (TPSA) is 75.4 Å². The summed E-state index contributed by atoms with van der Waals surface area (Å²) in [4.78, 5) is 30.9. The molecular weight excluding hydrogens is 330 g/mol. The Labute approximate surface area is 150 Å². The van der Waals surface area contributed by atoms with Crippen LogP contribution in [0.5, 0.6) is 0 Å². The molecule has 132 valence electrons. The first-order chi connectivity index (χ1) is 12.5. The van der Waals surface area contributed by atoms with E-state index in [1.807, 2.05) is 43.3 Å². The van der Waals surface area contributed by atoms with Gasteiger partial charge in [0.25, 0.3) is 0 Å². The summed E-state index contributed by atoms with van der Waals surface area (Å²) in [5.41, 5.74) is 3.96. The molecule has 4 rings (SSSR count). The van der Waals surface area contributed by atoms with Gasteiger partial charge in [-0.3, -0.25) is 9.59 Å². The number of carbonyl (C=O) groups excluding carboxylic acids is 2. The van der Waals surface area contributed by atoms with E-state index in [1.165, 1.54) is 0 Å². The lowest BCUT2D eigenvalue weighted by molar-refractivity contribution is -0.122. The first-order valence-electron chi connectivity index (χ1n) is 8.55. The lowest BCUT2D eigenvalue weighted by Crippen LogP contribution is -2.28. The van der Waals surface area contributed by atoms with E-state index in [2.05, 4.69) is 10.3 Å². The number of nitrogens with zero attached hydrogens (tertiary/aromatic N) is 2. The van der Waals surface area contributed by atoms with E-state index in [0.29, 0.717) is 23.5 Å². The van der Waals surface area contributed by atoms with Gasteiger partial charge in [0.1, 0.15) is 5.52 Å². The van der Waals surface area contributed by atoms with Crippen LogP contribution in [0.3, 0.4) is 0 Å². The number of benzene rings is 2. The molecule has 26 heavy (non-hydrogen) atoms. The van der Waals surface area contributed by atoms with E-state index < -0.39 is 0 Å². The Bertz CT molecular complexity index is 1010. The average Bonchev–Trinajstić information content (AvgIpc) is 3.16. The largest absolute Gasteiger partial charge is 0.441 e. The van der Waals surface area contributed by atoms with E-state index >= 15 is 0 Å². The molecule has 6 heteroatoms. The van der Waals surface area contributed by atoms with Crippen molar-refractivity contribution in [1.82, 2.24) is 4.98 Å². The Kier molecular flexibility index (Phi) is 3.95. The third-order valence-corrected chi connectivity index (χ3v) is 4.57. The Hall–Kier alpha value is -3.15. The summed E-state index contributed by atoms with van der Waals surface area (Å²) >= 11 is 0. The van der Waals surface area contributed by atoms with Gasteiger partial charge in [0.15, 0.2) is 11.5 Å². The van der Waals surface area contributed by atoms with Crippen molar-refractivity contribution in [2.45, 2.75) is 20.3 Å². The molecule has 3 aromatic rings. The van der Waals surface area contributed by atoms with Gasteiger partial charge in [-0.2, -0.15) is 0 Å². The zero-order valence-electron chi connectivity index (χ0n) is 14.7. The number of hydrogen-bond acceptors (Lipinski definition) is 4. The van der Waals surface area contributed by atoms with Gasteiger partial charge >= 0.3 is 0 Å². The van der Waals surface area contributed by atoms with E-state index in [1.54, 1.807) is 17.9 Å². The number of aryl methyl sites for hydroxylation is 2. The number of carbonyl (C=O) groups is 2. The fraction of sp³-hybridized carbons (Fsp3) is 0.250. The molecule has 1 saturated heterocycles. The summed E-state index contributed by atoms with van der Waals surface area (Å²) in [5, 5.41) is 2.91. The van der Waals surface area contributed by atoms with Gasteiger partial charge in [-0.05, 0) is 42.8 Å². The summed E-state index contributed by atoms with van der Waals surface area (Å²) in [6.07, 6.45) is 0.202. The predicted octanol–water partition coefficient (Wildman–Crippen LogP) is 3.44. The SMILES string of the molecule is Cc1cccc(NC(=O)[C@@H]2CC(=O)N(c3ccc4oc(C)nc4c3)C2)c1. The molecule has 0 bridgehead atoms. The van der Waals surface area contributed by atoms with Crippen molar-refractivity contribution < 1.29 is 14.0 Å². The minimum absolute atomic E-state index is 0.0611. The van der Waals surface area contributed by atoms with Crippen LogP contribution >= 0.6 is 0 Å². The van der Waals surface area contributed by atoms with Crippen molar-refractivity contribution in [3.63, 3.8) is 0 Å². The highest BCUT2D eigenvalue weighted by Gasteiger charge is 2.35. The number of oxazole rings is 1. The first kappa shape index (κ1) is 16.3. The second-order valence-electron chi connectivity index (χ2n) is 6.65. The normalized spacial score (nSPS) is 17.1. The zero-order valence-corrected chi connectivity index (χ0v) is 14.7. The lowest BCUT2D eigenvalue weighted by Gasteiger charge is -2.16. The van der Waals surface area contributed by atoms with Crippen LogP contribution in [-0.4, -0.2) is 23.3 Å². The fourth-order valence-electron chi connectivity index (χ4n) is 3.30. The molecule has 1 atom stereocenters. The van der Waals surface area contributed by atoms with Crippen LogP contribution in [0.2, 0.25) is 0 Å². The standard InChI is InChI=1S/C20H19N3O3/c1-12-4-3-5-15(8-12)22-20(25)14-9-19(24)23(11-14)16-6-7-18-17(10-16)21-13(2)26-18/h3-8,10,14H,9,11H2,1-2H3,(H,22,25)/t14-/m1/s1. The fourth-order valence-corrected chi connectivity index (χ4v) is 3.30. The second kappa shape index (κ2) is 6.29. The third kappa shape index (κ3) is 3.06. The third-order valence-electron chi connectivity index (χ3n) is 4.57. The highest BCUT2D eigenvalue weighted by molar-refractivity contribution is 6.04. The van der Waals surface area contributed by atoms with Gasteiger partial charge in [0, 0.05) is 31.3 Å². The number of anilines is 2. The Morgan fingerprint density at radius 1 is 1.23 bits per heavy atom. The molecule has 6 nitrogen and oxygen atoms in total. The molecule has 0 spiro atoms. The predicted molar refractivity (Wildman–Crippen MR) is 99.0 cm³/mol. The summed E-state index contributed by atoms with van der Waals surface area (Å²) in [5.74, 6) is 0.0110. The number of fused-ring (bicyclic) bond motifs is 1. The molecule has 1 aromatic heterocycles. The molecule has 2 heterocycles. The van der Waals surface area contributed by atoms with Gasteiger partial charge in [-0.15, -0.1) is 0 Å². The van der Waals surface area contributed by atoms with Crippen LogP contribution in [0, 0.1) is 19.8 Å². The molecule has 1 aliphatic heterocycles. The van der Waals surface area contributed by atoms with E-state index in [4.69, 9.17) is 4.42 Å². The molecule has 1 aliphatic rings. The lowest BCUT2D eigenvalue weighted by atomic mass is 10.1. The molecule has 2 amide bonds. The molecule has 0 saturated carbocycles. The van der Waals surface area contributed by atoms with E-state index in [0.717, 1.165) is 16.9 Å². The summed E-state index contributed by atoms with van der Waals surface area (Å²) < 4.78 is 5.47. The molecule has 0 aliphatic carbocycles. The maximum atomic E-state index is 12.5. The minimum Gasteiger partial charge on any atom is -0.441 e. The maximum Gasteiger partial charge on any atom is 0.229 e. The second-order valence-corrected chi connectivity index (χ2v) is 6.65. The average molecular weight is 349 g/mol. The van der Waals surface area contributed by atoms with Crippen LogP contribution in [0.15, 0.2) is 46.9 Å².